The highest BCUT2D eigenvalue weighted by molar-refractivity contribution is 7.92. The van der Waals surface area contributed by atoms with Crippen molar-refractivity contribution in [3.63, 3.8) is 0 Å². The lowest BCUT2D eigenvalue weighted by Crippen LogP contribution is -2.48. The molecule has 1 amide bonds. The zero-order chi connectivity index (χ0) is 22.4. The summed E-state index contributed by atoms with van der Waals surface area (Å²) in [5.41, 5.74) is 1.71. The second kappa shape index (κ2) is 7.74. The average molecular weight is 453 g/mol. The van der Waals surface area contributed by atoms with Gasteiger partial charge in [-0.25, -0.2) is 8.42 Å². The maximum atomic E-state index is 13.0. The van der Waals surface area contributed by atoms with Gasteiger partial charge < -0.3 is 9.80 Å². The van der Waals surface area contributed by atoms with Crippen molar-refractivity contribution < 1.29 is 26.4 Å². The number of hydrogen-bond donors (Lipinski definition) is 0. The van der Waals surface area contributed by atoms with Gasteiger partial charge in [-0.3, -0.25) is 9.10 Å². The summed E-state index contributed by atoms with van der Waals surface area (Å²) < 4.78 is 64.0. The first-order valence-electron chi connectivity index (χ1n) is 9.86. The number of piperazine rings is 1. The van der Waals surface area contributed by atoms with E-state index < -0.39 is 21.8 Å². The Bertz CT molecular complexity index is 1110. The number of nitrogens with zero attached hydrogens (tertiary/aromatic N) is 3. The molecule has 0 spiro atoms. The summed E-state index contributed by atoms with van der Waals surface area (Å²) in [6.07, 6.45) is -2.69. The van der Waals surface area contributed by atoms with E-state index in [1.54, 1.807) is 29.2 Å². The molecule has 2 aliphatic rings. The topological polar surface area (TPSA) is 60.9 Å². The Morgan fingerprint density at radius 1 is 0.968 bits per heavy atom. The normalized spacial score (nSPS) is 17.1. The lowest BCUT2D eigenvalue weighted by Gasteiger charge is -2.36. The Kier molecular flexibility index (Phi) is 5.36. The fraction of sp³-hybridized carbons (Fsp3) is 0.381. The molecular formula is C21H22F3N3O3S. The number of rotatable bonds is 3. The Hall–Kier alpha value is -2.75. The van der Waals surface area contributed by atoms with Gasteiger partial charge in [0.1, 0.15) is 0 Å². The number of carbonyl (C=O) groups is 1. The van der Waals surface area contributed by atoms with E-state index in [1.807, 2.05) is 4.90 Å². The molecule has 31 heavy (non-hydrogen) atoms. The molecule has 10 heteroatoms. The molecule has 2 aromatic carbocycles. The van der Waals surface area contributed by atoms with Crippen molar-refractivity contribution in [2.45, 2.75) is 12.6 Å². The van der Waals surface area contributed by atoms with Crippen molar-refractivity contribution in [2.24, 2.45) is 0 Å². The lowest BCUT2D eigenvalue weighted by atomic mass is 10.1. The molecule has 4 rings (SSSR count). The van der Waals surface area contributed by atoms with Crippen molar-refractivity contribution in [1.82, 2.24) is 4.90 Å². The first-order valence-corrected chi connectivity index (χ1v) is 11.7. The van der Waals surface area contributed by atoms with Crippen molar-refractivity contribution in [2.75, 3.05) is 48.2 Å². The van der Waals surface area contributed by atoms with Crippen LogP contribution in [0.25, 0.3) is 0 Å². The smallest absolute Gasteiger partial charge is 0.368 e. The Balaban J connectivity index is 1.44. The second-order valence-electron chi connectivity index (χ2n) is 7.76. The number of hydrogen-bond acceptors (Lipinski definition) is 4. The van der Waals surface area contributed by atoms with Gasteiger partial charge in [0.25, 0.3) is 5.91 Å². The van der Waals surface area contributed by atoms with Gasteiger partial charge in [-0.05, 0) is 48.4 Å². The molecule has 2 heterocycles. The SMILES string of the molecule is CS(=O)(=O)N1CCc2cc(C(=O)N3CCN(c4cccc(C(F)(F)F)c4)CC3)ccc21. The van der Waals surface area contributed by atoms with Crippen molar-refractivity contribution in [1.29, 1.82) is 0 Å². The van der Waals surface area contributed by atoms with E-state index in [-0.39, 0.29) is 5.91 Å². The van der Waals surface area contributed by atoms with Crippen LogP contribution in [0.15, 0.2) is 42.5 Å². The van der Waals surface area contributed by atoms with Gasteiger partial charge in [0.15, 0.2) is 0 Å². The largest absolute Gasteiger partial charge is 0.416 e. The predicted octanol–water partition coefficient (Wildman–Crippen LogP) is 2.99. The van der Waals surface area contributed by atoms with Crippen LogP contribution in [0.3, 0.4) is 0 Å². The van der Waals surface area contributed by atoms with Gasteiger partial charge in [0, 0.05) is 44.0 Å². The minimum atomic E-state index is -4.39. The van der Waals surface area contributed by atoms with Crippen LogP contribution in [-0.2, 0) is 22.6 Å². The summed E-state index contributed by atoms with van der Waals surface area (Å²) in [5.74, 6) is -0.163. The van der Waals surface area contributed by atoms with Gasteiger partial charge in [-0.1, -0.05) is 6.07 Å². The van der Waals surface area contributed by atoms with Crippen LogP contribution in [0.2, 0.25) is 0 Å². The number of alkyl halides is 3. The van der Waals surface area contributed by atoms with Gasteiger partial charge in [-0.15, -0.1) is 0 Å². The highest BCUT2D eigenvalue weighted by atomic mass is 32.2. The molecule has 0 N–H and O–H groups in total. The Labute approximate surface area is 178 Å². The van der Waals surface area contributed by atoms with Crippen LogP contribution < -0.4 is 9.21 Å². The molecule has 0 unspecified atom stereocenters. The minimum absolute atomic E-state index is 0.163. The fourth-order valence-electron chi connectivity index (χ4n) is 4.08. The highest BCUT2D eigenvalue weighted by Crippen LogP contribution is 2.33. The highest BCUT2D eigenvalue weighted by Gasteiger charge is 2.32. The number of halogens is 3. The van der Waals surface area contributed by atoms with Crippen LogP contribution in [0.4, 0.5) is 24.5 Å². The fourth-order valence-corrected chi connectivity index (χ4v) is 5.04. The predicted molar refractivity (Wildman–Crippen MR) is 112 cm³/mol. The van der Waals surface area contributed by atoms with E-state index in [0.717, 1.165) is 24.0 Å². The van der Waals surface area contributed by atoms with E-state index in [4.69, 9.17) is 0 Å². The summed E-state index contributed by atoms with van der Waals surface area (Å²) >= 11 is 0. The molecule has 0 bridgehead atoms. The summed E-state index contributed by atoms with van der Waals surface area (Å²) in [7, 11) is -3.35. The van der Waals surface area contributed by atoms with E-state index >= 15 is 0 Å². The third kappa shape index (κ3) is 4.34. The van der Waals surface area contributed by atoms with Gasteiger partial charge in [0.05, 0.1) is 17.5 Å². The van der Waals surface area contributed by atoms with Crippen LogP contribution in [-0.4, -0.2) is 58.2 Å². The van der Waals surface area contributed by atoms with Crippen molar-refractivity contribution >= 4 is 27.3 Å². The quantitative estimate of drug-likeness (QED) is 0.717. The average Bonchev–Trinajstić information content (AvgIpc) is 3.16. The number of benzene rings is 2. The molecule has 1 fully saturated rings. The van der Waals surface area contributed by atoms with Crippen LogP contribution in [0.5, 0.6) is 0 Å². The maximum Gasteiger partial charge on any atom is 0.416 e. The summed E-state index contributed by atoms with van der Waals surface area (Å²) in [6, 6.07) is 10.2. The van der Waals surface area contributed by atoms with E-state index in [0.29, 0.717) is 56.1 Å². The molecule has 6 nitrogen and oxygen atoms in total. The number of amides is 1. The lowest BCUT2D eigenvalue weighted by molar-refractivity contribution is -0.137. The summed E-state index contributed by atoms with van der Waals surface area (Å²) in [5, 5.41) is 0. The molecule has 0 saturated carbocycles. The molecule has 0 aromatic heterocycles. The molecule has 2 aromatic rings. The van der Waals surface area contributed by atoms with Crippen LogP contribution in [0, 0.1) is 0 Å². The summed E-state index contributed by atoms with van der Waals surface area (Å²) in [4.78, 5) is 16.4. The third-order valence-corrected chi connectivity index (χ3v) is 6.87. The van der Waals surface area contributed by atoms with Crippen molar-refractivity contribution in [3.8, 4) is 0 Å². The van der Waals surface area contributed by atoms with Gasteiger partial charge >= 0.3 is 6.18 Å². The zero-order valence-corrected chi connectivity index (χ0v) is 17.7. The standard InChI is InChI=1S/C21H22F3N3O3S/c1-31(29,30)27-8-7-15-13-16(5-6-19(15)27)20(28)26-11-9-25(10-12-26)18-4-2-3-17(14-18)21(22,23)24/h2-6,13-14H,7-12H2,1H3. The maximum absolute atomic E-state index is 13.0. The van der Waals surface area contributed by atoms with Crippen LogP contribution in [0.1, 0.15) is 21.5 Å². The van der Waals surface area contributed by atoms with Gasteiger partial charge in [0.2, 0.25) is 10.0 Å². The first-order chi connectivity index (χ1) is 14.5. The number of sulfonamides is 1. The third-order valence-electron chi connectivity index (χ3n) is 5.69. The van der Waals surface area contributed by atoms with Crippen LogP contribution >= 0.6 is 0 Å². The molecule has 0 atom stereocenters. The molecular weight excluding hydrogens is 431 g/mol. The molecule has 166 valence electrons. The molecule has 1 saturated heterocycles. The monoisotopic (exact) mass is 453 g/mol. The second-order valence-corrected chi connectivity index (χ2v) is 9.66. The number of anilines is 2. The number of fused-ring (bicyclic) bond motifs is 1. The molecule has 0 aliphatic carbocycles. The first kappa shape index (κ1) is 21.5. The zero-order valence-electron chi connectivity index (χ0n) is 16.9. The number of carbonyl (C=O) groups excluding carboxylic acids is 1. The molecule has 2 aliphatic heterocycles. The Morgan fingerprint density at radius 2 is 1.68 bits per heavy atom. The molecule has 0 radical (unpaired) electrons. The Morgan fingerprint density at radius 3 is 2.32 bits per heavy atom. The van der Waals surface area contributed by atoms with Crippen molar-refractivity contribution in [3.05, 3.63) is 59.2 Å². The van der Waals surface area contributed by atoms with E-state index in [2.05, 4.69) is 0 Å². The van der Waals surface area contributed by atoms with E-state index in [1.165, 1.54) is 10.4 Å². The minimum Gasteiger partial charge on any atom is -0.368 e. The van der Waals surface area contributed by atoms with Gasteiger partial charge in [-0.2, -0.15) is 13.2 Å². The van der Waals surface area contributed by atoms with E-state index in [9.17, 15) is 26.4 Å². The summed E-state index contributed by atoms with van der Waals surface area (Å²) in [6.45, 7) is 2.00.